The third-order valence-electron chi connectivity index (χ3n) is 3.75. The first-order valence-electron chi connectivity index (χ1n) is 7.94. The number of amides is 1. The minimum atomic E-state index is -0.711. The molecular weight excluding hydrogens is 348 g/mol. The summed E-state index contributed by atoms with van der Waals surface area (Å²) in [5, 5.41) is 13.2. The van der Waals surface area contributed by atoms with Crippen molar-refractivity contribution in [3.63, 3.8) is 0 Å². The molecule has 0 saturated heterocycles. The number of nitro groups is 1. The topological polar surface area (TPSA) is 98.5 Å². The number of carbonyl (C=O) groups is 2. The van der Waals surface area contributed by atoms with Crippen LogP contribution in [0.3, 0.4) is 0 Å². The number of nitrogens with one attached hydrogen (secondary N) is 1. The molecule has 0 bridgehead atoms. The number of non-ortho nitro benzene ring substituents is 1. The van der Waals surface area contributed by atoms with Gasteiger partial charge in [0.05, 0.1) is 4.92 Å². The summed E-state index contributed by atoms with van der Waals surface area (Å²) < 4.78 is 5.12. The van der Waals surface area contributed by atoms with Crippen LogP contribution in [0, 0.1) is 10.1 Å². The Bertz CT molecular complexity index is 982. The summed E-state index contributed by atoms with van der Waals surface area (Å²) in [5.41, 5.74) is 2.78. The molecule has 0 fully saturated rings. The maximum atomic E-state index is 12.0. The van der Waals surface area contributed by atoms with Gasteiger partial charge in [0.1, 0.15) is 12.0 Å². The molecule has 0 radical (unpaired) electrons. The summed E-state index contributed by atoms with van der Waals surface area (Å²) in [6.07, 6.45) is 0.0629. The molecule has 27 heavy (non-hydrogen) atoms. The first-order valence-corrected chi connectivity index (χ1v) is 7.94. The zero-order valence-electron chi connectivity index (χ0n) is 14.0. The van der Waals surface area contributed by atoms with E-state index in [0.29, 0.717) is 11.3 Å². The number of ether oxygens (including phenoxy) is 1. The largest absolute Gasteiger partial charge is 0.417 e. The highest BCUT2D eigenvalue weighted by Crippen LogP contribution is 2.23. The van der Waals surface area contributed by atoms with Crippen LogP contribution in [-0.4, -0.2) is 17.3 Å². The number of nitro benzene ring substituents is 1. The Morgan fingerprint density at radius 1 is 0.963 bits per heavy atom. The lowest BCUT2D eigenvalue weighted by Crippen LogP contribution is -2.16. The predicted molar refractivity (Wildman–Crippen MR) is 100 cm³/mol. The van der Waals surface area contributed by atoms with Crippen molar-refractivity contribution >= 4 is 23.8 Å². The van der Waals surface area contributed by atoms with E-state index in [0.717, 1.165) is 17.4 Å². The van der Waals surface area contributed by atoms with E-state index in [1.807, 2.05) is 18.2 Å². The Kier molecular flexibility index (Phi) is 5.22. The van der Waals surface area contributed by atoms with E-state index in [-0.39, 0.29) is 11.4 Å². The van der Waals surface area contributed by atoms with E-state index >= 15 is 0 Å². The van der Waals surface area contributed by atoms with E-state index in [4.69, 9.17) is 4.74 Å². The highest BCUT2D eigenvalue weighted by atomic mass is 16.6. The summed E-state index contributed by atoms with van der Waals surface area (Å²) in [6, 6.07) is 19.4. The fourth-order valence-electron chi connectivity index (χ4n) is 2.42. The molecule has 134 valence electrons. The fraction of sp³-hybridized carbons (Fsp3) is 0. The maximum absolute atomic E-state index is 12.0. The van der Waals surface area contributed by atoms with Crippen molar-refractivity contribution in [2.24, 2.45) is 0 Å². The van der Waals surface area contributed by atoms with Gasteiger partial charge < -0.3 is 4.74 Å². The van der Waals surface area contributed by atoms with Crippen molar-refractivity contribution in [1.82, 2.24) is 0 Å². The molecule has 0 aliphatic rings. The number of rotatable bonds is 5. The fourth-order valence-corrected chi connectivity index (χ4v) is 2.42. The highest BCUT2D eigenvalue weighted by molar-refractivity contribution is 5.87. The number of aldehydes is 1. The van der Waals surface area contributed by atoms with Crippen LogP contribution >= 0.6 is 0 Å². The summed E-state index contributed by atoms with van der Waals surface area (Å²) in [4.78, 5) is 32.9. The molecule has 0 aromatic heterocycles. The molecule has 0 unspecified atom stereocenters. The van der Waals surface area contributed by atoms with Crippen LogP contribution in [0.15, 0.2) is 72.8 Å². The van der Waals surface area contributed by atoms with Gasteiger partial charge in [0.25, 0.3) is 5.69 Å². The van der Waals surface area contributed by atoms with Gasteiger partial charge in [0.2, 0.25) is 0 Å². The van der Waals surface area contributed by atoms with Crippen LogP contribution in [0.4, 0.5) is 16.2 Å². The molecule has 0 aliphatic carbocycles. The van der Waals surface area contributed by atoms with Crippen molar-refractivity contribution in [2.45, 2.75) is 0 Å². The van der Waals surface area contributed by atoms with Gasteiger partial charge in [-0.05, 0) is 35.4 Å². The first kappa shape index (κ1) is 17.8. The second-order valence-electron chi connectivity index (χ2n) is 5.59. The highest BCUT2D eigenvalue weighted by Gasteiger charge is 2.09. The van der Waals surface area contributed by atoms with Crippen LogP contribution in [0.5, 0.6) is 5.75 Å². The lowest BCUT2D eigenvalue weighted by Gasteiger charge is -2.08. The van der Waals surface area contributed by atoms with Crippen LogP contribution in [0.1, 0.15) is 10.4 Å². The maximum Gasteiger partial charge on any atom is 0.417 e. The molecule has 3 aromatic carbocycles. The van der Waals surface area contributed by atoms with Crippen molar-refractivity contribution in [3.05, 3.63) is 88.5 Å². The normalized spacial score (nSPS) is 10.1. The van der Waals surface area contributed by atoms with Gasteiger partial charge in [-0.15, -0.1) is 0 Å². The molecule has 0 aliphatic heterocycles. The average molecular weight is 362 g/mol. The second kappa shape index (κ2) is 7.92. The van der Waals surface area contributed by atoms with Gasteiger partial charge in [-0.1, -0.05) is 36.4 Å². The minimum absolute atomic E-state index is 0.0870. The molecule has 0 heterocycles. The first-order chi connectivity index (χ1) is 13.0. The molecule has 3 rings (SSSR count). The van der Waals surface area contributed by atoms with E-state index < -0.39 is 11.0 Å². The predicted octanol–water partition coefficient (Wildman–Crippen LogP) is 4.69. The molecule has 1 amide bonds. The number of nitrogens with zero attached hydrogens (tertiary/aromatic N) is 1. The zero-order chi connectivity index (χ0) is 19.2. The van der Waals surface area contributed by atoms with E-state index in [1.165, 1.54) is 24.3 Å². The molecule has 1 N–H and O–H groups in total. The number of hydrogen-bond donors (Lipinski definition) is 1. The zero-order valence-corrected chi connectivity index (χ0v) is 14.0. The Labute approximate surface area is 154 Å². The van der Waals surface area contributed by atoms with Gasteiger partial charge in [-0.3, -0.25) is 20.2 Å². The lowest BCUT2D eigenvalue weighted by molar-refractivity contribution is -0.384. The molecule has 0 saturated carbocycles. The Hall–Kier alpha value is -4.00. The monoisotopic (exact) mass is 362 g/mol. The number of hydrogen-bond acceptors (Lipinski definition) is 5. The number of carbonyl (C=O) groups excluding carboxylic acids is 2. The summed E-state index contributed by atoms with van der Waals surface area (Å²) >= 11 is 0. The molecule has 0 spiro atoms. The second-order valence-corrected chi connectivity index (χ2v) is 5.59. The Morgan fingerprint density at radius 2 is 1.67 bits per heavy atom. The van der Waals surface area contributed by atoms with Gasteiger partial charge in [-0.2, -0.15) is 0 Å². The van der Waals surface area contributed by atoms with Crippen LogP contribution in [0.2, 0.25) is 0 Å². The number of anilines is 1. The summed E-state index contributed by atoms with van der Waals surface area (Å²) in [7, 11) is 0. The molecule has 7 nitrogen and oxygen atoms in total. The Balaban J connectivity index is 1.68. The molecular formula is C20H14N2O5. The third-order valence-corrected chi connectivity index (χ3v) is 3.75. The lowest BCUT2D eigenvalue weighted by atomic mass is 10.0. The Morgan fingerprint density at radius 3 is 2.30 bits per heavy atom. The van der Waals surface area contributed by atoms with Crippen molar-refractivity contribution in [3.8, 4) is 16.9 Å². The van der Waals surface area contributed by atoms with Crippen molar-refractivity contribution in [1.29, 1.82) is 0 Å². The van der Waals surface area contributed by atoms with Crippen LogP contribution in [0.25, 0.3) is 11.1 Å². The smallest absolute Gasteiger partial charge is 0.410 e. The van der Waals surface area contributed by atoms with Gasteiger partial charge in [0, 0.05) is 23.4 Å². The van der Waals surface area contributed by atoms with Gasteiger partial charge >= 0.3 is 6.09 Å². The van der Waals surface area contributed by atoms with E-state index in [2.05, 4.69) is 5.32 Å². The summed E-state index contributed by atoms with van der Waals surface area (Å²) in [5.74, 6) is 0.193. The van der Waals surface area contributed by atoms with Crippen LogP contribution in [-0.2, 0) is 0 Å². The van der Waals surface area contributed by atoms with Crippen molar-refractivity contribution in [2.75, 3.05) is 5.32 Å². The summed E-state index contributed by atoms with van der Waals surface area (Å²) in [6.45, 7) is 0. The number of benzene rings is 3. The molecule has 7 heteroatoms. The quantitative estimate of drug-likeness (QED) is 0.403. The standard InChI is InChI=1S/C20H14N2O5/c23-13-14-4-6-15(7-5-14)16-2-1-3-17(12-16)21-20(24)27-19-10-8-18(9-11-19)22(25)26/h1-13H,(H,21,24). The molecule has 3 aromatic rings. The van der Waals surface area contributed by atoms with Crippen LogP contribution < -0.4 is 10.1 Å². The molecule has 0 atom stereocenters. The van der Waals surface area contributed by atoms with Gasteiger partial charge in [0.15, 0.2) is 0 Å². The SMILES string of the molecule is O=Cc1ccc(-c2cccc(NC(=O)Oc3ccc([N+](=O)[O-])cc3)c2)cc1. The van der Waals surface area contributed by atoms with E-state index in [1.54, 1.807) is 30.3 Å². The van der Waals surface area contributed by atoms with E-state index in [9.17, 15) is 19.7 Å². The van der Waals surface area contributed by atoms with Gasteiger partial charge in [-0.25, -0.2) is 4.79 Å². The average Bonchev–Trinajstić information content (AvgIpc) is 2.68. The third kappa shape index (κ3) is 4.55. The van der Waals surface area contributed by atoms with Crippen molar-refractivity contribution < 1.29 is 19.2 Å². The minimum Gasteiger partial charge on any atom is -0.410 e.